The molecule has 186 valence electrons. The van der Waals surface area contributed by atoms with Gasteiger partial charge in [0.2, 0.25) is 5.91 Å². The lowest BCUT2D eigenvalue weighted by Gasteiger charge is -2.51. The number of rotatable bonds is 6. The van der Waals surface area contributed by atoms with Gasteiger partial charge < -0.3 is 9.64 Å². The van der Waals surface area contributed by atoms with Gasteiger partial charge in [-0.2, -0.15) is 5.10 Å². The van der Waals surface area contributed by atoms with Crippen LogP contribution in [0, 0.1) is 25.7 Å². The Kier molecular flexibility index (Phi) is 6.32. The molecule has 3 aromatic rings. The standard InChI is InChI=1S/C29H38N4O2/c1-6-29(17-21-8-7-9-22(15-21)18-29)32(4)26(34)16-25-27(23-10-12-24(35-5)13-11-23)31-33-20(3)14-19(2)30-28(25)33/h10-14,21-22H,6-9,15-18H2,1-5H3. The van der Waals surface area contributed by atoms with Crippen molar-refractivity contribution in [2.75, 3.05) is 14.2 Å². The van der Waals surface area contributed by atoms with Crippen LogP contribution in [0.4, 0.5) is 0 Å². The van der Waals surface area contributed by atoms with E-state index in [0.717, 1.165) is 70.7 Å². The molecule has 0 radical (unpaired) electrons. The molecule has 2 bridgehead atoms. The summed E-state index contributed by atoms with van der Waals surface area (Å²) in [5, 5.41) is 4.93. The molecule has 2 aromatic heterocycles. The highest BCUT2D eigenvalue weighted by atomic mass is 16.5. The minimum absolute atomic E-state index is 0.0341. The van der Waals surface area contributed by atoms with Crippen molar-refractivity contribution < 1.29 is 9.53 Å². The largest absolute Gasteiger partial charge is 0.497 e. The molecule has 0 spiro atoms. The minimum atomic E-state index is -0.0341. The highest BCUT2D eigenvalue weighted by Crippen LogP contribution is 2.48. The zero-order valence-electron chi connectivity index (χ0n) is 21.8. The zero-order valence-corrected chi connectivity index (χ0v) is 21.8. The number of hydrogen-bond donors (Lipinski definition) is 0. The van der Waals surface area contributed by atoms with Crippen LogP contribution in [0.3, 0.4) is 0 Å². The van der Waals surface area contributed by atoms with Crippen molar-refractivity contribution in [1.82, 2.24) is 19.5 Å². The first kappa shape index (κ1) is 23.8. The Hall–Kier alpha value is -2.89. The molecule has 0 N–H and O–H groups in total. The van der Waals surface area contributed by atoms with E-state index in [2.05, 4.69) is 11.8 Å². The normalized spacial score (nSPS) is 23.9. The average molecular weight is 475 g/mol. The van der Waals surface area contributed by atoms with Crippen molar-refractivity contribution in [3.05, 3.63) is 47.3 Å². The van der Waals surface area contributed by atoms with Crippen molar-refractivity contribution in [1.29, 1.82) is 0 Å². The molecule has 0 aliphatic heterocycles. The van der Waals surface area contributed by atoms with Gasteiger partial charge in [-0.25, -0.2) is 9.50 Å². The van der Waals surface area contributed by atoms with Crippen molar-refractivity contribution >= 4 is 11.6 Å². The number of fused-ring (bicyclic) bond motifs is 3. The average Bonchev–Trinajstić information content (AvgIpc) is 3.21. The van der Waals surface area contributed by atoms with Gasteiger partial charge in [-0.15, -0.1) is 0 Å². The topological polar surface area (TPSA) is 59.7 Å². The molecular formula is C29H38N4O2. The van der Waals surface area contributed by atoms with Crippen LogP contribution in [0.5, 0.6) is 5.75 Å². The number of carbonyl (C=O) groups is 1. The summed E-state index contributed by atoms with van der Waals surface area (Å²) < 4.78 is 7.23. The predicted molar refractivity (Wildman–Crippen MR) is 139 cm³/mol. The van der Waals surface area contributed by atoms with Crippen LogP contribution in [0.25, 0.3) is 16.9 Å². The molecule has 2 saturated carbocycles. The zero-order chi connectivity index (χ0) is 24.7. The molecule has 5 rings (SSSR count). The molecule has 35 heavy (non-hydrogen) atoms. The first-order valence-corrected chi connectivity index (χ1v) is 13.1. The molecule has 6 heteroatoms. The Morgan fingerprint density at radius 3 is 2.49 bits per heavy atom. The fourth-order valence-electron chi connectivity index (χ4n) is 6.77. The van der Waals surface area contributed by atoms with E-state index < -0.39 is 0 Å². The van der Waals surface area contributed by atoms with Gasteiger partial charge in [0, 0.05) is 35.1 Å². The molecular weight excluding hydrogens is 436 g/mol. The first-order valence-electron chi connectivity index (χ1n) is 13.1. The van der Waals surface area contributed by atoms with Crippen molar-refractivity contribution in [2.24, 2.45) is 11.8 Å². The molecule has 2 heterocycles. The molecule has 0 saturated heterocycles. The van der Waals surface area contributed by atoms with Crippen LogP contribution in [0.1, 0.15) is 68.8 Å². The van der Waals surface area contributed by atoms with Gasteiger partial charge in [0.1, 0.15) is 5.75 Å². The van der Waals surface area contributed by atoms with E-state index >= 15 is 0 Å². The number of nitrogens with zero attached hydrogens (tertiary/aromatic N) is 4. The van der Waals surface area contributed by atoms with Crippen molar-refractivity contribution in [2.45, 2.75) is 77.7 Å². The summed E-state index contributed by atoms with van der Waals surface area (Å²) in [6, 6.07) is 9.93. The monoisotopic (exact) mass is 474 g/mol. The highest BCUT2D eigenvalue weighted by molar-refractivity contribution is 5.85. The summed E-state index contributed by atoms with van der Waals surface area (Å²) >= 11 is 0. The van der Waals surface area contributed by atoms with Crippen LogP contribution >= 0.6 is 0 Å². The first-order chi connectivity index (χ1) is 16.8. The Balaban J connectivity index is 1.52. The van der Waals surface area contributed by atoms with Crippen molar-refractivity contribution in [3.63, 3.8) is 0 Å². The van der Waals surface area contributed by atoms with E-state index in [-0.39, 0.29) is 11.4 Å². The third-order valence-corrected chi connectivity index (χ3v) is 8.65. The fraction of sp³-hybridized carbons (Fsp3) is 0.552. The Morgan fingerprint density at radius 2 is 1.86 bits per heavy atom. The van der Waals surface area contributed by atoms with E-state index in [1.54, 1.807) is 7.11 Å². The summed E-state index contributed by atoms with van der Waals surface area (Å²) in [4.78, 5) is 20.9. The summed E-state index contributed by atoms with van der Waals surface area (Å²) in [6.45, 7) is 6.30. The number of benzene rings is 1. The molecule has 1 amide bonds. The molecule has 2 fully saturated rings. The molecule has 2 atom stereocenters. The van der Waals surface area contributed by atoms with E-state index in [1.807, 2.05) is 55.7 Å². The second-order valence-electron chi connectivity index (χ2n) is 10.8. The van der Waals surface area contributed by atoms with Crippen LogP contribution in [0.2, 0.25) is 0 Å². The third kappa shape index (κ3) is 4.32. The summed E-state index contributed by atoms with van der Waals surface area (Å²) in [5.41, 5.74) is 5.39. The smallest absolute Gasteiger partial charge is 0.227 e. The number of aryl methyl sites for hydroxylation is 2. The van der Waals surface area contributed by atoms with Gasteiger partial charge in [0.15, 0.2) is 5.65 Å². The van der Waals surface area contributed by atoms with Gasteiger partial charge in [-0.1, -0.05) is 26.2 Å². The van der Waals surface area contributed by atoms with E-state index in [0.29, 0.717) is 6.42 Å². The number of methoxy groups -OCH3 is 1. The van der Waals surface area contributed by atoms with Gasteiger partial charge in [0.05, 0.1) is 19.2 Å². The molecule has 6 nitrogen and oxygen atoms in total. The van der Waals surface area contributed by atoms with Gasteiger partial charge in [-0.3, -0.25) is 4.79 Å². The SMILES string of the molecule is CCC1(N(C)C(=O)Cc2c(-c3ccc(OC)cc3)nn3c(C)cc(C)nc23)CC2CCCC(C2)C1. The molecule has 2 aliphatic rings. The Labute approximate surface area is 208 Å². The minimum Gasteiger partial charge on any atom is -0.497 e. The van der Waals surface area contributed by atoms with Crippen LogP contribution in [0.15, 0.2) is 30.3 Å². The second-order valence-corrected chi connectivity index (χ2v) is 10.8. The maximum atomic E-state index is 13.9. The van der Waals surface area contributed by atoms with E-state index in [4.69, 9.17) is 14.8 Å². The van der Waals surface area contributed by atoms with E-state index in [9.17, 15) is 4.79 Å². The maximum absolute atomic E-state index is 13.9. The van der Waals surface area contributed by atoms with Crippen LogP contribution in [-0.4, -0.2) is 45.1 Å². The Bertz CT molecular complexity index is 1220. The second kappa shape index (κ2) is 9.29. The number of likely N-dealkylation sites (N-methyl/N-ethyl adjacent to an activating group) is 1. The van der Waals surface area contributed by atoms with Crippen LogP contribution < -0.4 is 4.74 Å². The number of hydrogen-bond acceptors (Lipinski definition) is 4. The van der Waals surface area contributed by atoms with Crippen LogP contribution in [-0.2, 0) is 11.2 Å². The predicted octanol–water partition coefficient (Wildman–Crippen LogP) is 5.77. The molecule has 1 aromatic carbocycles. The number of aromatic nitrogens is 3. The maximum Gasteiger partial charge on any atom is 0.227 e. The van der Waals surface area contributed by atoms with E-state index in [1.165, 1.54) is 25.7 Å². The lowest BCUT2D eigenvalue weighted by molar-refractivity contribution is -0.138. The lowest BCUT2D eigenvalue weighted by Crippen LogP contribution is -2.54. The van der Waals surface area contributed by atoms with Gasteiger partial charge in [0.25, 0.3) is 0 Å². The number of carbonyl (C=O) groups excluding carboxylic acids is 1. The van der Waals surface area contributed by atoms with Gasteiger partial charge >= 0.3 is 0 Å². The molecule has 2 aliphatic carbocycles. The fourth-order valence-corrected chi connectivity index (χ4v) is 6.77. The third-order valence-electron chi connectivity index (χ3n) is 8.65. The summed E-state index contributed by atoms with van der Waals surface area (Å²) in [6.07, 6.45) is 8.92. The van der Waals surface area contributed by atoms with Crippen molar-refractivity contribution in [3.8, 4) is 17.0 Å². The summed E-state index contributed by atoms with van der Waals surface area (Å²) in [5.74, 6) is 2.48. The molecule has 2 unspecified atom stereocenters. The number of ether oxygens (including phenoxy) is 1. The lowest BCUT2D eigenvalue weighted by atomic mass is 9.63. The quantitative estimate of drug-likeness (QED) is 0.455. The number of amides is 1. The van der Waals surface area contributed by atoms with Gasteiger partial charge in [-0.05, 0) is 81.7 Å². The highest BCUT2D eigenvalue weighted by Gasteiger charge is 2.45. The summed E-state index contributed by atoms with van der Waals surface area (Å²) in [7, 11) is 3.70. The Morgan fingerprint density at radius 1 is 1.17 bits per heavy atom.